The van der Waals surface area contributed by atoms with Crippen LogP contribution in [0.4, 0.5) is 13.6 Å². The van der Waals surface area contributed by atoms with E-state index in [9.17, 15) is 18.4 Å². The monoisotopic (exact) mass is 388 g/mol. The van der Waals surface area contributed by atoms with Crippen LogP contribution in [-0.2, 0) is 15.1 Å². The summed E-state index contributed by atoms with van der Waals surface area (Å²) in [7, 11) is 0. The molecule has 0 saturated carbocycles. The molecule has 2 amide bonds. The number of hydrogen-bond acceptors (Lipinski definition) is 3. The third kappa shape index (κ3) is 4.13. The van der Waals surface area contributed by atoms with Crippen molar-refractivity contribution < 1.29 is 23.1 Å². The molecule has 1 aliphatic rings. The van der Waals surface area contributed by atoms with E-state index in [4.69, 9.17) is 10.5 Å². The highest BCUT2D eigenvalue weighted by Crippen LogP contribution is 2.40. The van der Waals surface area contributed by atoms with Gasteiger partial charge < -0.3 is 15.4 Å². The maximum Gasteiger partial charge on any atom is 0.411 e. The Morgan fingerprint density at radius 2 is 1.93 bits per heavy atom. The molecule has 3 rings (SSSR count). The van der Waals surface area contributed by atoms with Gasteiger partial charge in [0.25, 0.3) is 0 Å². The highest BCUT2D eigenvalue weighted by Gasteiger charge is 2.43. The number of nitrogens with zero attached hydrogens (tertiary/aromatic N) is 1. The third-order valence-corrected chi connectivity index (χ3v) is 5.22. The van der Waals surface area contributed by atoms with Crippen LogP contribution in [0.25, 0.3) is 0 Å². The molecule has 0 bridgehead atoms. The van der Waals surface area contributed by atoms with Crippen LogP contribution in [0.15, 0.2) is 48.5 Å². The van der Waals surface area contributed by atoms with Gasteiger partial charge in [0.2, 0.25) is 5.91 Å². The van der Waals surface area contributed by atoms with Crippen molar-refractivity contribution in [3.05, 3.63) is 71.3 Å². The van der Waals surface area contributed by atoms with Gasteiger partial charge in [-0.15, -0.1) is 0 Å². The van der Waals surface area contributed by atoms with Crippen LogP contribution >= 0.6 is 0 Å². The van der Waals surface area contributed by atoms with Crippen molar-refractivity contribution in [2.75, 3.05) is 6.54 Å². The molecule has 1 aliphatic heterocycles. The number of nitrogens with two attached hydrogens (primary N) is 1. The van der Waals surface area contributed by atoms with Crippen LogP contribution in [0.3, 0.4) is 0 Å². The SMILES string of the molecule is C[C@@H](c1cccc(F)c1)N1CCC(CCC(N)=O)(c2ccc(F)cc2)OC1=O. The van der Waals surface area contributed by atoms with Gasteiger partial charge in [0.1, 0.15) is 17.2 Å². The van der Waals surface area contributed by atoms with Gasteiger partial charge in [-0.05, 0) is 42.3 Å². The second-order valence-electron chi connectivity index (χ2n) is 7.01. The first-order chi connectivity index (χ1) is 13.3. The minimum Gasteiger partial charge on any atom is -0.438 e. The summed E-state index contributed by atoms with van der Waals surface area (Å²) in [6.45, 7) is 2.14. The zero-order chi connectivity index (χ0) is 20.3. The predicted octanol–water partition coefficient (Wildman–Crippen LogP) is 4.03. The number of ether oxygens (including phenoxy) is 1. The van der Waals surface area contributed by atoms with E-state index in [0.717, 1.165) is 0 Å². The summed E-state index contributed by atoms with van der Waals surface area (Å²) in [4.78, 5) is 25.6. The molecular weight excluding hydrogens is 366 g/mol. The van der Waals surface area contributed by atoms with E-state index in [2.05, 4.69) is 0 Å². The van der Waals surface area contributed by atoms with E-state index < -0.39 is 23.4 Å². The van der Waals surface area contributed by atoms with E-state index in [0.29, 0.717) is 24.1 Å². The fourth-order valence-corrected chi connectivity index (χ4v) is 3.57. The molecular formula is C21H22F2N2O3. The minimum absolute atomic E-state index is 0.0319. The molecule has 1 fully saturated rings. The highest BCUT2D eigenvalue weighted by molar-refractivity contribution is 5.74. The first-order valence-corrected chi connectivity index (χ1v) is 9.10. The van der Waals surface area contributed by atoms with Crippen molar-refractivity contribution in [2.24, 2.45) is 5.73 Å². The fourth-order valence-electron chi connectivity index (χ4n) is 3.57. The van der Waals surface area contributed by atoms with Crippen LogP contribution in [-0.4, -0.2) is 23.4 Å². The Balaban J connectivity index is 1.84. The quantitative estimate of drug-likeness (QED) is 0.812. The number of rotatable bonds is 6. The van der Waals surface area contributed by atoms with Crippen molar-refractivity contribution >= 4 is 12.0 Å². The summed E-state index contributed by atoms with van der Waals surface area (Å²) in [6.07, 6.45) is 0.0698. The van der Waals surface area contributed by atoms with Crippen molar-refractivity contribution in [3.8, 4) is 0 Å². The summed E-state index contributed by atoms with van der Waals surface area (Å²) in [6, 6.07) is 11.4. The molecule has 1 saturated heterocycles. The molecule has 0 aliphatic carbocycles. The van der Waals surface area contributed by atoms with Gasteiger partial charge >= 0.3 is 6.09 Å². The van der Waals surface area contributed by atoms with Gasteiger partial charge in [0.05, 0.1) is 6.04 Å². The minimum atomic E-state index is -1.06. The average Bonchev–Trinajstić information content (AvgIpc) is 2.66. The van der Waals surface area contributed by atoms with E-state index >= 15 is 0 Å². The topological polar surface area (TPSA) is 72.6 Å². The molecule has 28 heavy (non-hydrogen) atoms. The lowest BCUT2D eigenvalue weighted by Crippen LogP contribution is -2.49. The number of primary amides is 1. The molecule has 1 heterocycles. The number of amides is 2. The summed E-state index contributed by atoms with van der Waals surface area (Å²) >= 11 is 0. The molecule has 2 atom stereocenters. The van der Waals surface area contributed by atoms with E-state index in [1.54, 1.807) is 31.2 Å². The molecule has 2 aromatic carbocycles. The third-order valence-electron chi connectivity index (χ3n) is 5.22. The van der Waals surface area contributed by atoms with Crippen molar-refractivity contribution in [1.29, 1.82) is 0 Å². The van der Waals surface area contributed by atoms with Gasteiger partial charge in [-0.2, -0.15) is 0 Å². The average molecular weight is 388 g/mol. The van der Waals surface area contributed by atoms with Crippen LogP contribution in [0, 0.1) is 11.6 Å². The van der Waals surface area contributed by atoms with Crippen LogP contribution in [0.1, 0.15) is 43.4 Å². The van der Waals surface area contributed by atoms with Gasteiger partial charge in [0, 0.05) is 25.8 Å². The molecule has 2 N–H and O–H groups in total. The number of hydrogen-bond donors (Lipinski definition) is 1. The Morgan fingerprint density at radius 1 is 1.21 bits per heavy atom. The van der Waals surface area contributed by atoms with Gasteiger partial charge in [-0.1, -0.05) is 24.3 Å². The normalized spacial score (nSPS) is 20.5. The number of carbonyl (C=O) groups excluding carboxylic acids is 2. The van der Waals surface area contributed by atoms with Crippen molar-refractivity contribution in [1.82, 2.24) is 4.90 Å². The molecule has 0 aromatic heterocycles. The second kappa shape index (κ2) is 7.96. The zero-order valence-corrected chi connectivity index (χ0v) is 15.5. The Labute approximate surface area is 162 Å². The summed E-state index contributed by atoms with van der Waals surface area (Å²) < 4.78 is 32.7. The van der Waals surface area contributed by atoms with E-state index in [1.165, 1.54) is 29.2 Å². The summed E-state index contributed by atoms with van der Waals surface area (Å²) in [5.74, 6) is -1.29. The standard InChI is InChI=1S/C21H22F2N2O3/c1-14(15-3-2-4-18(23)13-15)25-12-11-21(28-20(25)27,10-9-19(24)26)16-5-7-17(22)8-6-16/h2-8,13-14H,9-12H2,1H3,(H2,24,26)/t14-,21?/m0/s1. The Hall–Kier alpha value is -2.96. The highest BCUT2D eigenvalue weighted by atomic mass is 19.1. The Bertz CT molecular complexity index is 872. The summed E-state index contributed by atoms with van der Waals surface area (Å²) in [5, 5.41) is 0. The maximum atomic E-state index is 13.5. The number of halogens is 2. The molecule has 148 valence electrons. The predicted molar refractivity (Wildman–Crippen MR) is 99.1 cm³/mol. The number of benzene rings is 2. The molecule has 1 unspecified atom stereocenters. The first kappa shape index (κ1) is 19.8. The molecule has 5 nitrogen and oxygen atoms in total. The molecule has 0 spiro atoms. The van der Waals surface area contributed by atoms with E-state index in [1.807, 2.05) is 0 Å². The van der Waals surface area contributed by atoms with Crippen LogP contribution in [0.2, 0.25) is 0 Å². The van der Waals surface area contributed by atoms with Gasteiger partial charge in [-0.25, -0.2) is 13.6 Å². The van der Waals surface area contributed by atoms with Crippen LogP contribution in [0.5, 0.6) is 0 Å². The van der Waals surface area contributed by atoms with Crippen molar-refractivity contribution in [3.63, 3.8) is 0 Å². The van der Waals surface area contributed by atoms with Gasteiger partial charge in [0.15, 0.2) is 0 Å². The lowest BCUT2D eigenvalue weighted by Gasteiger charge is -2.43. The Morgan fingerprint density at radius 3 is 2.54 bits per heavy atom. The largest absolute Gasteiger partial charge is 0.438 e. The fraction of sp³-hybridized carbons (Fsp3) is 0.333. The first-order valence-electron chi connectivity index (χ1n) is 9.10. The second-order valence-corrected chi connectivity index (χ2v) is 7.01. The molecule has 0 radical (unpaired) electrons. The number of cyclic esters (lactones) is 1. The zero-order valence-electron chi connectivity index (χ0n) is 15.5. The number of carbonyl (C=O) groups is 2. The lowest BCUT2D eigenvalue weighted by atomic mass is 9.84. The smallest absolute Gasteiger partial charge is 0.411 e. The Kier molecular flexibility index (Phi) is 5.63. The van der Waals surface area contributed by atoms with E-state index in [-0.39, 0.29) is 24.7 Å². The summed E-state index contributed by atoms with van der Waals surface area (Å²) in [5.41, 5.74) is 5.50. The molecule has 2 aromatic rings. The maximum absolute atomic E-state index is 13.5. The molecule has 7 heteroatoms. The van der Waals surface area contributed by atoms with Crippen molar-refractivity contribution in [2.45, 2.75) is 37.8 Å². The van der Waals surface area contributed by atoms with Crippen LogP contribution < -0.4 is 5.73 Å². The lowest BCUT2D eigenvalue weighted by molar-refractivity contribution is -0.121. The van der Waals surface area contributed by atoms with Gasteiger partial charge in [-0.3, -0.25) is 4.79 Å².